The van der Waals surface area contributed by atoms with Crippen LogP contribution in [0.5, 0.6) is 11.5 Å². The van der Waals surface area contributed by atoms with Gasteiger partial charge >= 0.3 is 11.9 Å². The lowest BCUT2D eigenvalue weighted by Gasteiger charge is -2.29. The molecule has 3 aromatic carbocycles. The molecule has 0 saturated heterocycles. The SMILES string of the molecule is C=C(C)C(=O)Oc1ccc(C(C)(C)c2ccc(C(C)(C)c3ccc(OC(=O)C(=C)C)cc3)cc2)cc1. The molecule has 0 aliphatic rings. The molecule has 0 aromatic heterocycles. The van der Waals surface area contributed by atoms with Crippen molar-refractivity contribution >= 4 is 11.9 Å². The van der Waals surface area contributed by atoms with Crippen LogP contribution in [0.25, 0.3) is 0 Å². The monoisotopic (exact) mass is 482 g/mol. The van der Waals surface area contributed by atoms with Gasteiger partial charge in [-0.25, -0.2) is 9.59 Å². The number of ether oxygens (including phenoxy) is 2. The first-order valence-corrected chi connectivity index (χ1v) is 11.9. The van der Waals surface area contributed by atoms with E-state index >= 15 is 0 Å². The maximum atomic E-state index is 11.8. The third-order valence-corrected chi connectivity index (χ3v) is 6.60. The normalized spacial score (nSPS) is 11.5. The minimum absolute atomic E-state index is 0.242. The van der Waals surface area contributed by atoms with E-state index in [-0.39, 0.29) is 10.8 Å². The van der Waals surface area contributed by atoms with Gasteiger partial charge in [-0.05, 0) is 60.4 Å². The lowest BCUT2D eigenvalue weighted by molar-refractivity contribution is -0.130. The summed E-state index contributed by atoms with van der Waals surface area (Å²) >= 11 is 0. The molecule has 3 aromatic rings. The zero-order valence-corrected chi connectivity index (χ0v) is 22.0. The number of esters is 2. The van der Waals surface area contributed by atoms with Crippen LogP contribution in [0.15, 0.2) is 97.1 Å². The molecule has 4 nitrogen and oxygen atoms in total. The fourth-order valence-electron chi connectivity index (χ4n) is 3.90. The van der Waals surface area contributed by atoms with Gasteiger partial charge < -0.3 is 9.47 Å². The minimum atomic E-state index is -0.428. The number of hydrogen-bond donors (Lipinski definition) is 0. The van der Waals surface area contributed by atoms with Crippen molar-refractivity contribution in [2.24, 2.45) is 0 Å². The molecule has 0 N–H and O–H groups in total. The highest BCUT2D eigenvalue weighted by atomic mass is 16.5. The molecule has 0 aliphatic carbocycles. The lowest BCUT2D eigenvalue weighted by Crippen LogP contribution is -2.21. The maximum Gasteiger partial charge on any atom is 0.338 e. The van der Waals surface area contributed by atoms with E-state index in [4.69, 9.17) is 9.47 Å². The van der Waals surface area contributed by atoms with Gasteiger partial charge in [0.2, 0.25) is 0 Å². The molecule has 0 unspecified atom stereocenters. The molecule has 0 radical (unpaired) electrons. The quantitative estimate of drug-likeness (QED) is 0.192. The summed E-state index contributed by atoms with van der Waals surface area (Å²) in [7, 11) is 0. The Labute approximate surface area is 214 Å². The summed E-state index contributed by atoms with van der Waals surface area (Å²) in [6, 6.07) is 23.8. The molecule has 0 aliphatic heterocycles. The van der Waals surface area contributed by atoms with Gasteiger partial charge in [0.25, 0.3) is 0 Å². The summed E-state index contributed by atoms with van der Waals surface area (Å²) < 4.78 is 10.6. The van der Waals surface area contributed by atoms with Crippen LogP contribution in [0.4, 0.5) is 0 Å². The third kappa shape index (κ3) is 5.83. The highest BCUT2D eigenvalue weighted by Gasteiger charge is 2.27. The van der Waals surface area contributed by atoms with Crippen LogP contribution < -0.4 is 9.47 Å². The molecule has 4 heteroatoms. The average Bonchev–Trinajstić information content (AvgIpc) is 2.84. The first-order chi connectivity index (χ1) is 16.8. The zero-order chi connectivity index (χ0) is 26.7. The van der Waals surface area contributed by atoms with Gasteiger partial charge in [-0.2, -0.15) is 0 Å². The third-order valence-electron chi connectivity index (χ3n) is 6.60. The smallest absolute Gasteiger partial charge is 0.338 e. The predicted octanol–water partition coefficient (Wildman–Crippen LogP) is 7.30. The Morgan fingerprint density at radius 3 is 0.972 bits per heavy atom. The van der Waals surface area contributed by atoms with Gasteiger partial charge in [-0.3, -0.25) is 0 Å². The molecule has 0 spiro atoms. The van der Waals surface area contributed by atoms with Crippen LogP contribution in [0.1, 0.15) is 63.8 Å². The van der Waals surface area contributed by atoms with Gasteiger partial charge in [0.15, 0.2) is 0 Å². The molecule has 0 heterocycles. The van der Waals surface area contributed by atoms with Crippen molar-refractivity contribution in [3.63, 3.8) is 0 Å². The fourth-order valence-corrected chi connectivity index (χ4v) is 3.90. The van der Waals surface area contributed by atoms with E-state index in [1.54, 1.807) is 13.8 Å². The Morgan fingerprint density at radius 1 is 0.528 bits per heavy atom. The van der Waals surface area contributed by atoms with E-state index in [1.807, 2.05) is 48.5 Å². The first kappa shape index (κ1) is 26.7. The Hall–Kier alpha value is -3.92. The number of rotatable bonds is 8. The Kier molecular flexibility index (Phi) is 7.68. The van der Waals surface area contributed by atoms with Gasteiger partial charge in [-0.1, -0.05) is 89.4 Å². The van der Waals surface area contributed by atoms with E-state index in [1.165, 1.54) is 11.1 Å². The average molecular weight is 483 g/mol. The van der Waals surface area contributed by atoms with E-state index in [2.05, 4.69) is 65.1 Å². The molecular formula is C32H34O4. The van der Waals surface area contributed by atoms with Gasteiger partial charge in [0.05, 0.1) is 0 Å². The van der Waals surface area contributed by atoms with Crippen LogP contribution in [0, 0.1) is 0 Å². The van der Waals surface area contributed by atoms with Crippen molar-refractivity contribution in [1.29, 1.82) is 0 Å². The summed E-state index contributed by atoms with van der Waals surface area (Å²) in [5.41, 5.74) is 4.83. The second-order valence-corrected chi connectivity index (χ2v) is 10.2. The Balaban J connectivity index is 1.78. The molecule has 186 valence electrons. The van der Waals surface area contributed by atoms with Gasteiger partial charge in [0, 0.05) is 22.0 Å². The molecular weight excluding hydrogens is 448 g/mol. The summed E-state index contributed by atoms with van der Waals surface area (Å²) in [6.45, 7) is 19.2. The number of hydrogen-bond acceptors (Lipinski definition) is 4. The summed E-state index contributed by atoms with van der Waals surface area (Å²) in [4.78, 5) is 23.5. The van der Waals surface area contributed by atoms with Crippen LogP contribution in [0.3, 0.4) is 0 Å². The largest absolute Gasteiger partial charge is 0.423 e. The topological polar surface area (TPSA) is 52.6 Å². The zero-order valence-electron chi connectivity index (χ0n) is 22.0. The second-order valence-electron chi connectivity index (χ2n) is 10.2. The van der Waals surface area contributed by atoms with Crippen molar-refractivity contribution in [3.8, 4) is 11.5 Å². The van der Waals surface area contributed by atoms with Crippen molar-refractivity contribution in [3.05, 3.63) is 119 Å². The summed E-state index contributed by atoms with van der Waals surface area (Å²) in [5, 5.41) is 0. The van der Waals surface area contributed by atoms with E-state index in [0.717, 1.165) is 11.1 Å². The second kappa shape index (κ2) is 10.4. The van der Waals surface area contributed by atoms with Crippen molar-refractivity contribution in [2.45, 2.75) is 52.4 Å². The number of carbonyl (C=O) groups is 2. The van der Waals surface area contributed by atoms with Crippen LogP contribution in [0.2, 0.25) is 0 Å². The highest BCUT2D eigenvalue weighted by molar-refractivity contribution is 5.89. The Bertz CT molecular complexity index is 1170. The van der Waals surface area contributed by atoms with Gasteiger partial charge in [0.1, 0.15) is 11.5 Å². The van der Waals surface area contributed by atoms with Crippen molar-refractivity contribution in [1.82, 2.24) is 0 Å². The molecule has 3 rings (SSSR count). The number of benzene rings is 3. The molecule has 0 fully saturated rings. The van der Waals surface area contributed by atoms with E-state index < -0.39 is 11.9 Å². The minimum Gasteiger partial charge on any atom is -0.423 e. The first-order valence-electron chi connectivity index (χ1n) is 11.9. The van der Waals surface area contributed by atoms with Crippen LogP contribution in [-0.4, -0.2) is 11.9 Å². The summed E-state index contributed by atoms with van der Waals surface area (Å²) in [6.07, 6.45) is 0. The highest BCUT2D eigenvalue weighted by Crippen LogP contribution is 2.36. The summed E-state index contributed by atoms with van der Waals surface area (Å²) in [5.74, 6) is 0.144. The predicted molar refractivity (Wildman–Crippen MR) is 144 cm³/mol. The molecule has 0 atom stereocenters. The van der Waals surface area contributed by atoms with Crippen molar-refractivity contribution in [2.75, 3.05) is 0 Å². The van der Waals surface area contributed by atoms with Crippen molar-refractivity contribution < 1.29 is 19.1 Å². The van der Waals surface area contributed by atoms with E-state index in [0.29, 0.717) is 22.6 Å². The fraction of sp³-hybridized carbons (Fsp3) is 0.250. The maximum absolute atomic E-state index is 11.8. The molecule has 0 saturated carbocycles. The van der Waals surface area contributed by atoms with Crippen LogP contribution >= 0.6 is 0 Å². The molecule has 0 bridgehead atoms. The van der Waals surface area contributed by atoms with E-state index in [9.17, 15) is 9.59 Å². The Morgan fingerprint density at radius 2 is 0.750 bits per heavy atom. The molecule has 36 heavy (non-hydrogen) atoms. The number of carbonyl (C=O) groups excluding carboxylic acids is 2. The van der Waals surface area contributed by atoms with Gasteiger partial charge in [-0.15, -0.1) is 0 Å². The lowest BCUT2D eigenvalue weighted by atomic mass is 9.74. The molecule has 0 amide bonds. The van der Waals surface area contributed by atoms with Crippen LogP contribution in [-0.2, 0) is 20.4 Å². The standard InChI is InChI=1S/C32H34O4/c1-21(2)29(33)35-27-17-13-25(14-18-27)31(5,6)23-9-11-24(12-10-23)32(7,8)26-15-19-28(20-16-26)36-30(34)22(3)4/h9-20H,1,3H2,2,4-8H3.